The Kier molecular flexibility index (Phi) is 3.84. The zero-order chi connectivity index (χ0) is 14.7. The van der Waals surface area contributed by atoms with Crippen molar-refractivity contribution in [2.75, 3.05) is 0 Å². The monoisotopic (exact) mass is 295 g/mol. The molecule has 0 amide bonds. The lowest BCUT2D eigenvalue weighted by Crippen LogP contribution is -2.05. The summed E-state index contributed by atoms with van der Waals surface area (Å²) in [5.74, 6) is 0.233. The van der Waals surface area contributed by atoms with E-state index in [4.69, 9.17) is 0 Å². The van der Waals surface area contributed by atoms with Crippen LogP contribution in [-0.4, -0.2) is 10.2 Å². The molecule has 104 valence electrons. The predicted octanol–water partition coefficient (Wildman–Crippen LogP) is 4.19. The minimum absolute atomic E-state index is 0.117. The normalized spacial score (nSPS) is 10.7. The molecule has 3 rings (SSSR count). The summed E-state index contributed by atoms with van der Waals surface area (Å²) in [5, 5.41) is 20.5. The Labute approximate surface area is 126 Å². The molecule has 2 nitrogen and oxygen atoms in total. The van der Waals surface area contributed by atoms with E-state index in [9.17, 15) is 10.2 Å². The van der Waals surface area contributed by atoms with E-state index in [2.05, 4.69) is 0 Å². The Morgan fingerprint density at radius 2 is 0.952 bits per heavy atom. The number of benzene rings is 3. The Balaban J connectivity index is 2.23. The molecule has 0 spiro atoms. The van der Waals surface area contributed by atoms with Gasteiger partial charge in [0.2, 0.25) is 4.90 Å². The highest BCUT2D eigenvalue weighted by atomic mass is 32.2. The van der Waals surface area contributed by atoms with Gasteiger partial charge in [0.25, 0.3) is 0 Å². The van der Waals surface area contributed by atoms with Crippen LogP contribution >= 0.6 is 0 Å². The van der Waals surface area contributed by atoms with Crippen molar-refractivity contribution in [3.63, 3.8) is 0 Å². The van der Waals surface area contributed by atoms with Crippen molar-refractivity contribution < 1.29 is 10.2 Å². The van der Waals surface area contributed by atoms with Gasteiger partial charge in [0.1, 0.15) is 10.9 Å². The summed E-state index contributed by atoms with van der Waals surface area (Å²) in [6.45, 7) is 0. The van der Waals surface area contributed by atoms with Gasteiger partial charge in [0.15, 0.2) is 21.3 Å². The summed E-state index contributed by atoms with van der Waals surface area (Å²) in [7, 11) is -0.538. The van der Waals surface area contributed by atoms with Crippen molar-refractivity contribution in [3.05, 3.63) is 78.9 Å². The molecule has 21 heavy (non-hydrogen) atoms. The maximum atomic E-state index is 10.2. The number of rotatable bonds is 3. The smallest absolute Gasteiger partial charge is 0.249 e. The van der Waals surface area contributed by atoms with Gasteiger partial charge in [0, 0.05) is 0 Å². The molecule has 0 saturated carbocycles. The molecule has 0 atom stereocenters. The first-order chi connectivity index (χ1) is 10.3. The Morgan fingerprint density at radius 3 is 1.38 bits per heavy atom. The molecule has 2 N–H and O–H groups in total. The maximum Gasteiger partial charge on any atom is 0.249 e. The molecular formula is C18H15O2S+. The van der Waals surface area contributed by atoms with Crippen LogP contribution in [0.3, 0.4) is 0 Å². The summed E-state index contributed by atoms with van der Waals surface area (Å²) in [4.78, 5) is 2.68. The highest BCUT2D eigenvalue weighted by Crippen LogP contribution is 2.41. The van der Waals surface area contributed by atoms with Gasteiger partial charge in [-0.3, -0.25) is 0 Å². The van der Waals surface area contributed by atoms with Crippen LogP contribution in [0.4, 0.5) is 0 Å². The second-order valence-corrected chi connectivity index (χ2v) is 6.52. The van der Waals surface area contributed by atoms with Crippen LogP contribution in [0, 0.1) is 0 Å². The number of hydrogen-bond donors (Lipinski definition) is 2. The van der Waals surface area contributed by atoms with E-state index in [1.54, 1.807) is 18.2 Å². The van der Waals surface area contributed by atoms with Crippen LogP contribution in [0.5, 0.6) is 11.5 Å². The zero-order valence-corrected chi connectivity index (χ0v) is 12.1. The van der Waals surface area contributed by atoms with Crippen LogP contribution in [0.15, 0.2) is 93.5 Å². The highest BCUT2D eigenvalue weighted by Gasteiger charge is 2.34. The Hall–Kier alpha value is -2.39. The molecule has 0 heterocycles. The fraction of sp³-hybridized carbons (Fsp3) is 0. The third-order valence-electron chi connectivity index (χ3n) is 3.14. The summed E-state index contributed by atoms with van der Waals surface area (Å²) in [5.41, 5.74) is 0. The van der Waals surface area contributed by atoms with E-state index in [1.807, 2.05) is 60.7 Å². The van der Waals surface area contributed by atoms with Crippen LogP contribution in [-0.2, 0) is 10.9 Å². The molecule has 0 aromatic heterocycles. The lowest BCUT2D eigenvalue weighted by molar-refractivity contribution is 0.427. The maximum absolute atomic E-state index is 10.2. The standard InChI is InChI=1S/C18H14O2S/c19-16-12-7-13-17(20)18(16)21(14-8-3-1-4-9-14)15-10-5-2-6-11-15/h1-13H,(H-,19,20)/p+1. The molecule has 0 fully saturated rings. The number of hydrogen-bond acceptors (Lipinski definition) is 2. The van der Waals surface area contributed by atoms with Crippen molar-refractivity contribution in [2.45, 2.75) is 14.7 Å². The lowest BCUT2D eigenvalue weighted by Gasteiger charge is -2.10. The van der Waals surface area contributed by atoms with Crippen molar-refractivity contribution in [1.29, 1.82) is 0 Å². The van der Waals surface area contributed by atoms with E-state index in [-0.39, 0.29) is 11.5 Å². The van der Waals surface area contributed by atoms with Gasteiger partial charge >= 0.3 is 0 Å². The van der Waals surface area contributed by atoms with Gasteiger partial charge in [-0.15, -0.1) is 0 Å². The minimum atomic E-state index is -0.538. The molecule has 0 bridgehead atoms. The van der Waals surface area contributed by atoms with E-state index < -0.39 is 10.9 Å². The average molecular weight is 295 g/mol. The molecule has 3 aromatic rings. The van der Waals surface area contributed by atoms with Crippen LogP contribution in [0.25, 0.3) is 0 Å². The predicted molar refractivity (Wildman–Crippen MR) is 84.8 cm³/mol. The van der Waals surface area contributed by atoms with Gasteiger partial charge in [0.05, 0.1) is 0 Å². The van der Waals surface area contributed by atoms with Gasteiger partial charge in [-0.1, -0.05) is 42.5 Å². The van der Waals surface area contributed by atoms with Crippen molar-refractivity contribution >= 4 is 10.9 Å². The molecule has 0 aliphatic heterocycles. The number of phenols is 2. The average Bonchev–Trinajstić information content (AvgIpc) is 2.53. The third-order valence-corrected chi connectivity index (χ3v) is 5.45. The first kappa shape index (κ1) is 13.6. The molecule has 0 unspecified atom stereocenters. The molecule has 0 radical (unpaired) electrons. The van der Waals surface area contributed by atoms with Gasteiger partial charge in [-0.2, -0.15) is 0 Å². The minimum Gasteiger partial charge on any atom is -0.503 e. The Morgan fingerprint density at radius 1 is 0.524 bits per heavy atom. The second kappa shape index (κ2) is 5.94. The van der Waals surface area contributed by atoms with Crippen molar-refractivity contribution in [2.24, 2.45) is 0 Å². The highest BCUT2D eigenvalue weighted by molar-refractivity contribution is 7.97. The van der Waals surface area contributed by atoms with Crippen molar-refractivity contribution in [1.82, 2.24) is 0 Å². The Bertz CT molecular complexity index is 667. The molecule has 3 aromatic carbocycles. The quantitative estimate of drug-likeness (QED) is 0.711. The van der Waals surface area contributed by atoms with E-state index in [1.165, 1.54) is 0 Å². The van der Waals surface area contributed by atoms with Gasteiger partial charge in [-0.25, -0.2) is 0 Å². The van der Waals surface area contributed by atoms with Gasteiger partial charge in [-0.05, 0) is 36.4 Å². The molecular weight excluding hydrogens is 280 g/mol. The number of aromatic hydroxyl groups is 2. The lowest BCUT2D eigenvalue weighted by atomic mass is 10.3. The summed E-state index contributed by atoms with van der Waals surface area (Å²) < 4.78 is 0. The summed E-state index contributed by atoms with van der Waals surface area (Å²) in [6, 6.07) is 24.7. The SMILES string of the molecule is Oc1cccc(O)c1[S+](c1ccccc1)c1ccccc1. The fourth-order valence-electron chi connectivity index (χ4n) is 2.21. The first-order valence-electron chi connectivity index (χ1n) is 6.62. The molecule has 0 aliphatic rings. The first-order valence-corrected chi connectivity index (χ1v) is 7.85. The topological polar surface area (TPSA) is 40.5 Å². The largest absolute Gasteiger partial charge is 0.503 e. The van der Waals surface area contributed by atoms with Crippen LogP contribution in [0.2, 0.25) is 0 Å². The van der Waals surface area contributed by atoms with Gasteiger partial charge < -0.3 is 10.2 Å². The molecule has 0 aliphatic carbocycles. The number of phenolic OH excluding ortho intramolecular Hbond substituents is 2. The van der Waals surface area contributed by atoms with Crippen LogP contribution in [0.1, 0.15) is 0 Å². The molecule has 0 saturated heterocycles. The van der Waals surface area contributed by atoms with E-state index in [0.717, 1.165) is 9.79 Å². The van der Waals surface area contributed by atoms with E-state index >= 15 is 0 Å². The van der Waals surface area contributed by atoms with Crippen LogP contribution < -0.4 is 0 Å². The third kappa shape index (κ3) is 2.73. The van der Waals surface area contributed by atoms with E-state index in [0.29, 0.717) is 4.90 Å². The summed E-state index contributed by atoms with van der Waals surface area (Å²) in [6.07, 6.45) is 0. The second-order valence-electron chi connectivity index (χ2n) is 4.56. The fourth-order valence-corrected chi connectivity index (χ4v) is 4.36. The zero-order valence-electron chi connectivity index (χ0n) is 11.3. The van der Waals surface area contributed by atoms with Crippen molar-refractivity contribution in [3.8, 4) is 11.5 Å². The summed E-state index contributed by atoms with van der Waals surface area (Å²) >= 11 is 0. The molecule has 3 heteroatoms.